The van der Waals surface area contributed by atoms with Crippen molar-refractivity contribution in [3.63, 3.8) is 0 Å². The Balaban J connectivity index is 1.98. The van der Waals surface area contributed by atoms with Crippen LogP contribution in [0.2, 0.25) is 0 Å². The van der Waals surface area contributed by atoms with Gasteiger partial charge in [-0.15, -0.1) is 0 Å². The smallest absolute Gasteiger partial charge is 0.410 e. The molecular weight excluding hydrogens is 298 g/mol. The molecule has 23 heavy (non-hydrogen) atoms. The second-order valence-corrected chi connectivity index (χ2v) is 6.52. The summed E-state index contributed by atoms with van der Waals surface area (Å²) in [5, 5.41) is 8.91. The minimum absolute atomic E-state index is 0.166. The number of ether oxygens (including phenoxy) is 1. The summed E-state index contributed by atoms with van der Waals surface area (Å²) in [7, 11) is 0. The topological polar surface area (TPSA) is 83.0 Å². The molecular formula is C16H23N3O4. The van der Waals surface area contributed by atoms with Crippen molar-refractivity contribution in [2.24, 2.45) is 0 Å². The maximum Gasteiger partial charge on any atom is 0.410 e. The molecule has 0 spiro atoms. The molecule has 1 aliphatic heterocycles. The molecule has 1 fully saturated rings. The SMILES string of the molecule is CC(C)(C)OC(=O)N1CCCN(c2ccc(C(=O)O)cn2)CC1. The molecule has 7 heteroatoms. The summed E-state index contributed by atoms with van der Waals surface area (Å²) in [6, 6.07) is 3.24. The number of carboxylic acid groups (broad SMARTS) is 1. The van der Waals surface area contributed by atoms with E-state index in [-0.39, 0.29) is 11.7 Å². The Morgan fingerprint density at radius 2 is 1.91 bits per heavy atom. The van der Waals surface area contributed by atoms with Crippen LogP contribution in [0.4, 0.5) is 10.6 Å². The molecule has 1 aliphatic rings. The first-order valence-electron chi connectivity index (χ1n) is 7.68. The molecule has 1 aromatic rings. The monoisotopic (exact) mass is 321 g/mol. The van der Waals surface area contributed by atoms with Crippen molar-refractivity contribution in [2.45, 2.75) is 32.8 Å². The van der Waals surface area contributed by atoms with Crippen molar-refractivity contribution in [2.75, 3.05) is 31.1 Å². The van der Waals surface area contributed by atoms with Gasteiger partial charge < -0.3 is 19.6 Å². The number of carbonyl (C=O) groups excluding carboxylic acids is 1. The molecule has 1 saturated heterocycles. The minimum atomic E-state index is -0.990. The van der Waals surface area contributed by atoms with E-state index in [0.717, 1.165) is 18.8 Å². The van der Waals surface area contributed by atoms with Crippen LogP contribution < -0.4 is 4.90 Å². The number of amides is 1. The zero-order valence-corrected chi connectivity index (χ0v) is 13.8. The number of aromatic nitrogens is 1. The third-order valence-electron chi connectivity index (χ3n) is 3.47. The van der Waals surface area contributed by atoms with Crippen LogP contribution in [0.3, 0.4) is 0 Å². The van der Waals surface area contributed by atoms with Gasteiger partial charge in [-0.05, 0) is 39.3 Å². The number of pyridine rings is 1. The molecule has 0 radical (unpaired) electrons. The van der Waals surface area contributed by atoms with Crippen LogP contribution in [0.5, 0.6) is 0 Å². The number of hydrogen-bond acceptors (Lipinski definition) is 5. The standard InChI is InChI=1S/C16H23N3O4/c1-16(2,3)23-15(22)19-8-4-7-18(9-10-19)13-6-5-12(11-17-13)14(20)21/h5-6,11H,4,7-10H2,1-3H3,(H,20,21). The average molecular weight is 321 g/mol. The van der Waals surface area contributed by atoms with E-state index >= 15 is 0 Å². The summed E-state index contributed by atoms with van der Waals surface area (Å²) in [4.78, 5) is 31.0. The summed E-state index contributed by atoms with van der Waals surface area (Å²) in [5.41, 5.74) is -0.337. The van der Waals surface area contributed by atoms with Gasteiger partial charge in [0.25, 0.3) is 0 Å². The molecule has 0 aromatic carbocycles. The number of carbonyl (C=O) groups is 2. The fourth-order valence-electron chi connectivity index (χ4n) is 2.36. The zero-order chi connectivity index (χ0) is 17.0. The Bertz CT molecular complexity index is 566. The highest BCUT2D eigenvalue weighted by molar-refractivity contribution is 5.87. The van der Waals surface area contributed by atoms with Gasteiger partial charge in [0.15, 0.2) is 0 Å². The van der Waals surface area contributed by atoms with Crippen LogP contribution in [-0.4, -0.2) is 58.8 Å². The number of rotatable bonds is 2. The van der Waals surface area contributed by atoms with E-state index in [4.69, 9.17) is 9.84 Å². The zero-order valence-electron chi connectivity index (χ0n) is 13.8. The van der Waals surface area contributed by atoms with Crippen molar-refractivity contribution < 1.29 is 19.4 Å². The van der Waals surface area contributed by atoms with Crippen LogP contribution in [0.1, 0.15) is 37.6 Å². The highest BCUT2D eigenvalue weighted by Crippen LogP contribution is 2.16. The largest absolute Gasteiger partial charge is 0.478 e. The van der Waals surface area contributed by atoms with E-state index in [9.17, 15) is 9.59 Å². The normalized spacial score (nSPS) is 16.0. The van der Waals surface area contributed by atoms with Gasteiger partial charge in [-0.25, -0.2) is 14.6 Å². The van der Waals surface area contributed by atoms with E-state index in [1.807, 2.05) is 20.8 Å². The predicted molar refractivity (Wildman–Crippen MR) is 85.8 cm³/mol. The highest BCUT2D eigenvalue weighted by Gasteiger charge is 2.24. The van der Waals surface area contributed by atoms with E-state index in [1.54, 1.807) is 17.0 Å². The molecule has 1 aromatic heterocycles. The van der Waals surface area contributed by atoms with Crippen molar-refractivity contribution in [1.82, 2.24) is 9.88 Å². The van der Waals surface area contributed by atoms with Crippen LogP contribution in [-0.2, 0) is 4.74 Å². The molecule has 0 atom stereocenters. The lowest BCUT2D eigenvalue weighted by molar-refractivity contribution is 0.0263. The number of carboxylic acids is 1. The Kier molecular flexibility index (Phi) is 5.08. The average Bonchev–Trinajstić information content (AvgIpc) is 2.71. The minimum Gasteiger partial charge on any atom is -0.478 e. The number of hydrogen-bond donors (Lipinski definition) is 1. The van der Waals surface area contributed by atoms with Crippen LogP contribution in [0.15, 0.2) is 18.3 Å². The Labute approximate surface area is 135 Å². The van der Waals surface area contributed by atoms with E-state index in [0.29, 0.717) is 19.6 Å². The Morgan fingerprint density at radius 1 is 1.17 bits per heavy atom. The summed E-state index contributed by atoms with van der Waals surface area (Å²) in [5.74, 6) is -0.267. The van der Waals surface area contributed by atoms with Crippen LogP contribution in [0.25, 0.3) is 0 Å². The molecule has 7 nitrogen and oxygen atoms in total. The first kappa shape index (κ1) is 17.1. The lowest BCUT2D eigenvalue weighted by atomic mass is 10.2. The van der Waals surface area contributed by atoms with Gasteiger partial charge in [0.2, 0.25) is 0 Å². The predicted octanol–water partition coefficient (Wildman–Crippen LogP) is 2.23. The van der Waals surface area contributed by atoms with Crippen molar-refractivity contribution in [3.05, 3.63) is 23.9 Å². The second kappa shape index (κ2) is 6.85. The maximum absolute atomic E-state index is 12.1. The fourth-order valence-corrected chi connectivity index (χ4v) is 2.36. The molecule has 2 rings (SSSR count). The van der Waals surface area contributed by atoms with Gasteiger partial charge in [0.1, 0.15) is 11.4 Å². The van der Waals surface area contributed by atoms with Crippen LogP contribution in [0, 0.1) is 0 Å². The van der Waals surface area contributed by atoms with E-state index < -0.39 is 11.6 Å². The molecule has 0 unspecified atom stereocenters. The lowest BCUT2D eigenvalue weighted by Crippen LogP contribution is -2.39. The van der Waals surface area contributed by atoms with Crippen molar-refractivity contribution in [3.8, 4) is 0 Å². The van der Waals surface area contributed by atoms with Gasteiger partial charge in [-0.2, -0.15) is 0 Å². The molecule has 1 amide bonds. The summed E-state index contributed by atoms with van der Waals surface area (Å²) >= 11 is 0. The second-order valence-electron chi connectivity index (χ2n) is 6.52. The van der Waals surface area contributed by atoms with Gasteiger partial charge in [-0.3, -0.25) is 0 Å². The summed E-state index contributed by atoms with van der Waals surface area (Å²) in [6.07, 6.45) is 1.86. The summed E-state index contributed by atoms with van der Waals surface area (Å²) < 4.78 is 5.40. The van der Waals surface area contributed by atoms with E-state index in [2.05, 4.69) is 9.88 Å². The first-order chi connectivity index (χ1) is 10.8. The highest BCUT2D eigenvalue weighted by atomic mass is 16.6. The lowest BCUT2D eigenvalue weighted by Gasteiger charge is -2.26. The maximum atomic E-state index is 12.1. The van der Waals surface area contributed by atoms with Crippen molar-refractivity contribution in [1.29, 1.82) is 0 Å². The quantitative estimate of drug-likeness (QED) is 0.899. The van der Waals surface area contributed by atoms with Crippen molar-refractivity contribution >= 4 is 17.9 Å². The van der Waals surface area contributed by atoms with Gasteiger partial charge >= 0.3 is 12.1 Å². The molecule has 0 saturated carbocycles. The Morgan fingerprint density at radius 3 is 2.48 bits per heavy atom. The van der Waals surface area contributed by atoms with Crippen LogP contribution >= 0.6 is 0 Å². The molecule has 2 heterocycles. The number of anilines is 1. The Hall–Kier alpha value is -2.31. The molecule has 1 N–H and O–H groups in total. The first-order valence-corrected chi connectivity index (χ1v) is 7.68. The van der Waals surface area contributed by atoms with Gasteiger partial charge in [-0.1, -0.05) is 0 Å². The fraction of sp³-hybridized carbons (Fsp3) is 0.562. The van der Waals surface area contributed by atoms with Gasteiger partial charge in [0, 0.05) is 32.4 Å². The number of aromatic carboxylic acids is 1. The van der Waals surface area contributed by atoms with Gasteiger partial charge in [0.05, 0.1) is 5.56 Å². The number of nitrogens with zero attached hydrogens (tertiary/aromatic N) is 3. The molecule has 0 aliphatic carbocycles. The molecule has 126 valence electrons. The van der Waals surface area contributed by atoms with E-state index in [1.165, 1.54) is 6.20 Å². The molecule has 0 bridgehead atoms. The third-order valence-corrected chi connectivity index (χ3v) is 3.47. The third kappa shape index (κ3) is 4.84. The summed E-state index contributed by atoms with van der Waals surface area (Å²) in [6.45, 7) is 8.14.